The first-order valence-corrected chi connectivity index (χ1v) is 9.21. The number of rotatable bonds is 5. The van der Waals surface area contributed by atoms with Crippen molar-refractivity contribution in [2.75, 3.05) is 5.73 Å². The molecule has 3 rings (SSSR count). The molecule has 2 N–H and O–H groups in total. The first-order chi connectivity index (χ1) is 10.00. The molecular weight excluding hydrogens is 304 g/mol. The molecule has 0 saturated heterocycles. The van der Waals surface area contributed by atoms with Crippen molar-refractivity contribution >= 4 is 27.0 Å². The molecule has 0 bridgehead atoms. The van der Waals surface area contributed by atoms with Crippen molar-refractivity contribution in [3.8, 4) is 0 Å². The van der Waals surface area contributed by atoms with E-state index in [0.717, 1.165) is 17.7 Å². The normalized spacial score (nSPS) is 15.5. The van der Waals surface area contributed by atoms with Gasteiger partial charge in [-0.15, -0.1) is 11.3 Å². The molecule has 1 aliphatic carbocycles. The summed E-state index contributed by atoms with van der Waals surface area (Å²) in [5.41, 5.74) is 7.01. The fourth-order valence-corrected chi connectivity index (χ4v) is 5.07. The van der Waals surface area contributed by atoms with Crippen molar-refractivity contribution in [1.82, 2.24) is 4.31 Å². The number of thiophene rings is 1. The Balaban J connectivity index is 1.99. The van der Waals surface area contributed by atoms with Crippen LogP contribution in [0.3, 0.4) is 0 Å². The second-order valence-corrected chi connectivity index (χ2v) is 8.22. The number of nitrogens with zero attached hydrogens (tertiary/aromatic N) is 1. The molecule has 6 heteroatoms. The predicted molar refractivity (Wildman–Crippen MR) is 85.7 cm³/mol. The molecule has 1 aromatic heterocycles. The summed E-state index contributed by atoms with van der Waals surface area (Å²) in [6.45, 7) is 2.21. The first kappa shape index (κ1) is 14.6. The van der Waals surface area contributed by atoms with E-state index in [1.807, 2.05) is 17.5 Å². The summed E-state index contributed by atoms with van der Waals surface area (Å²) in [5, 5.41) is 1.97. The Morgan fingerprint density at radius 2 is 2.05 bits per heavy atom. The maximum atomic E-state index is 13.0. The van der Waals surface area contributed by atoms with E-state index in [4.69, 9.17) is 5.73 Å². The molecule has 1 aromatic carbocycles. The highest BCUT2D eigenvalue weighted by molar-refractivity contribution is 7.89. The molecule has 0 unspecified atom stereocenters. The third-order valence-corrected chi connectivity index (χ3v) is 6.66. The molecule has 21 heavy (non-hydrogen) atoms. The molecular formula is C15H18N2O2S2. The van der Waals surface area contributed by atoms with Gasteiger partial charge in [-0.05, 0) is 48.9 Å². The van der Waals surface area contributed by atoms with E-state index < -0.39 is 10.0 Å². The van der Waals surface area contributed by atoms with E-state index in [-0.39, 0.29) is 6.04 Å². The zero-order chi connectivity index (χ0) is 15.0. The summed E-state index contributed by atoms with van der Waals surface area (Å²) >= 11 is 1.58. The summed E-state index contributed by atoms with van der Waals surface area (Å²) in [6.07, 6.45) is 1.87. The smallest absolute Gasteiger partial charge is 0.243 e. The predicted octanol–water partition coefficient (Wildman–Crippen LogP) is 2.99. The SMILES string of the molecule is Cc1c(N)cccc1S(=O)(=O)N(Cc1cccs1)C1CC1. The van der Waals surface area contributed by atoms with Crippen LogP contribution < -0.4 is 5.73 Å². The number of hydrogen-bond acceptors (Lipinski definition) is 4. The van der Waals surface area contributed by atoms with Crippen LogP contribution in [0.4, 0.5) is 5.69 Å². The number of nitrogen functional groups attached to an aromatic ring is 1. The lowest BCUT2D eigenvalue weighted by molar-refractivity contribution is 0.401. The van der Waals surface area contributed by atoms with Crippen LogP contribution in [0.15, 0.2) is 40.6 Å². The highest BCUT2D eigenvalue weighted by Crippen LogP contribution is 2.35. The molecule has 0 aliphatic heterocycles. The monoisotopic (exact) mass is 322 g/mol. The Kier molecular flexibility index (Phi) is 3.77. The largest absolute Gasteiger partial charge is 0.398 e. The molecule has 4 nitrogen and oxygen atoms in total. The van der Waals surface area contributed by atoms with E-state index in [1.165, 1.54) is 0 Å². The molecule has 0 spiro atoms. The molecule has 2 aromatic rings. The minimum atomic E-state index is -3.51. The van der Waals surface area contributed by atoms with E-state index in [9.17, 15) is 8.42 Å². The van der Waals surface area contributed by atoms with Crippen LogP contribution in [0.5, 0.6) is 0 Å². The van der Waals surface area contributed by atoms with Gasteiger partial charge in [0, 0.05) is 23.2 Å². The van der Waals surface area contributed by atoms with Crippen molar-refractivity contribution in [2.45, 2.75) is 37.2 Å². The van der Waals surface area contributed by atoms with Crippen LogP contribution >= 0.6 is 11.3 Å². The zero-order valence-electron chi connectivity index (χ0n) is 11.8. The molecule has 112 valence electrons. The number of sulfonamides is 1. The van der Waals surface area contributed by atoms with Crippen LogP contribution in [0, 0.1) is 6.92 Å². The van der Waals surface area contributed by atoms with Gasteiger partial charge in [0.2, 0.25) is 10.0 Å². The van der Waals surface area contributed by atoms with E-state index in [1.54, 1.807) is 40.8 Å². The van der Waals surface area contributed by atoms with Gasteiger partial charge in [0.15, 0.2) is 0 Å². The summed E-state index contributed by atoms with van der Waals surface area (Å²) in [4.78, 5) is 1.39. The Morgan fingerprint density at radius 3 is 2.67 bits per heavy atom. The van der Waals surface area contributed by atoms with Gasteiger partial charge in [-0.3, -0.25) is 0 Å². The van der Waals surface area contributed by atoms with Crippen molar-refractivity contribution in [1.29, 1.82) is 0 Å². The Bertz CT molecular complexity index is 735. The highest BCUT2D eigenvalue weighted by atomic mass is 32.2. The zero-order valence-corrected chi connectivity index (χ0v) is 13.5. The van der Waals surface area contributed by atoms with Crippen molar-refractivity contribution in [2.24, 2.45) is 0 Å². The van der Waals surface area contributed by atoms with Gasteiger partial charge in [-0.2, -0.15) is 4.31 Å². The van der Waals surface area contributed by atoms with Crippen LogP contribution in [0.25, 0.3) is 0 Å². The summed E-state index contributed by atoms with van der Waals surface area (Å²) in [6, 6.07) is 9.12. The number of benzene rings is 1. The minimum Gasteiger partial charge on any atom is -0.398 e. The maximum absolute atomic E-state index is 13.0. The van der Waals surface area contributed by atoms with E-state index in [2.05, 4.69) is 0 Å². The second kappa shape index (κ2) is 5.44. The van der Waals surface area contributed by atoms with Crippen molar-refractivity contribution in [3.63, 3.8) is 0 Å². The Labute approximate surface area is 129 Å². The van der Waals surface area contributed by atoms with Crippen molar-refractivity contribution in [3.05, 3.63) is 46.2 Å². The Hall–Kier alpha value is -1.37. The average molecular weight is 322 g/mol. The third-order valence-electron chi connectivity index (χ3n) is 3.76. The van der Waals surface area contributed by atoms with Gasteiger partial charge >= 0.3 is 0 Å². The number of nitrogens with two attached hydrogens (primary N) is 1. The standard InChI is InChI=1S/C15H18N2O2S2/c1-11-14(16)5-2-6-15(11)21(18,19)17(12-7-8-12)10-13-4-3-9-20-13/h2-6,9,12H,7-8,10,16H2,1H3. The lowest BCUT2D eigenvalue weighted by Crippen LogP contribution is -2.33. The van der Waals surface area contributed by atoms with Crippen LogP contribution in [0.1, 0.15) is 23.3 Å². The molecule has 0 amide bonds. The van der Waals surface area contributed by atoms with Gasteiger partial charge in [0.05, 0.1) is 4.90 Å². The molecule has 1 heterocycles. The Morgan fingerprint density at radius 1 is 1.29 bits per heavy atom. The van der Waals surface area contributed by atoms with Crippen LogP contribution in [0.2, 0.25) is 0 Å². The second-order valence-electron chi connectivity index (χ2n) is 5.33. The first-order valence-electron chi connectivity index (χ1n) is 6.89. The van der Waals surface area contributed by atoms with Gasteiger partial charge < -0.3 is 5.73 Å². The fourth-order valence-electron chi connectivity index (χ4n) is 2.37. The lowest BCUT2D eigenvalue weighted by Gasteiger charge is -2.22. The van der Waals surface area contributed by atoms with Crippen LogP contribution in [-0.4, -0.2) is 18.8 Å². The topological polar surface area (TPSA) is 63.4 Å². The summed E-state index contributed by atoms with van der Waals surface area (Å²) in [7, 11) is -3.51. The van der Waals surface area contributed by atoms with Crippen LogP contribution in [-0.2, 0) is 16.6 Å². The number of anilines is 1. The highest BCUT2D eigenvalue weighted by Gasteiger charge is 2.38. The quantitative estimate of drug-likeness (QED) is 0.861. The van der Waals surface area contributed by atoms with Gasteiger partial charge in [0.1, 0.15) is 0 Å². The lowest BCUT2D eigenvalue weighted by atomic mass is 10.2. The van der Waals surface area contributed by atoms with E-state index >= 15 is 0 Å². The maximum Gasteiger partial charge on any atom is 0.243 e. The minimum absolute atomic E-state index is 0.123. The fraction of sp³-hybridized carbons (Fsp3) is 0.333. The molecule has 1 fully saturated rings. The van der Waals surface area contributed by atoms with Crippen molar-refractivity contribution < 1.29 is 8.42 Å². The van der Waals surface area contributed by atoms with Gasteiger partial charge in [-0.25, -0.2) is 8.42 Å². The average Bonchev–Trinajstić information content (AvgIpc) is 3.15. The number of hydrogen-bond donors (Lipinski definition) is 1. The molecule has 0 radical (unpaired) electrons. The molecule has 1 aliphatic rings. The summed E-state index contributed by atoms with van der Waals surface area (Å²) < 4.78 is 27.6. The molecule has 0 atom stereocenters. The van der Waals surface area contributed by atoms with Gasteiger partial charge in [0.25, 0.3) is 0 Å². The summed E-state index contributed by atoms with van der Waals surface area (Å²) in [5.74, 6) is 0. The van der Waals surface area contributed by atoms with E-state index in [0.29, 0.717) is 22.7 Å². The molecule has 1 saturated carbocycles. The third kappa shape index (κ3) is 2.84. The van der Waals surface area contributed by atoms with Gasteiger partial charge in [-0.1, -0.05) is 12.1 Å².